The molecule has 262 valence electrons. The molecule has 9 aromatic carbocycles. The number of nitrogens with zero attached hydrogens (tertiary/aromatic N) is 3. The largest absolute Gasteiger partial charge is 0.208 e. The molecule has 0 atom stereocenters. The molecule has 2 heterocycles. The lowest BCUT2D eigenvalue weighted by molar-refractivity contribution is 0.661. The summed E-state index contributed by atoms with van der Waals surface area (Å²) >= 11 is 1.81. The number of benzene rings is 9. The van der Waals surface area contributed by atoms with Crippen molar-refractivity contribution in [3.63, 3.8) is 0 Å². The molecule has 0 spiro atoms. The van der Waals surface area contributed by atoms with E-state index in [1.165, 1.54) is 74.7 Å². The molecule has 0 fully saturated rings. The highest BCUT2D eigenvalue weighted by molar-refractivity contribution is 7.25. The zero-order valence-electron chi connectivity index (χ0n) is 30.8. The van der Waals surface area contributed by atoms with E-state index in [2.05, 4.69) is 178 Å². The fraction of sp³-hybridized carbons (Fsp3) is 0.0577. The lowest BCUT2D eigenvalue weighted by atomic mass is 9.81. The Kier molecular flexibility index (Phi) is 6.56. The van der Waals surface area contributed by atoms with Gasteiger partial charge in [0.25, 0.3) is 0 Å². The third-order valence-electron chi connectivity index (χ3n) is 12.1. The highest BCUT2D eigenvalue weighted by Gasteiger charge is 2.35. The van der Waals surface area contributed by atoms with Crippen LogP contribution in [-0.2, 0) is 5.41 Å². The van der Waals surface area contributed by atoms with Crippen LogP contribution in [0.5, 0.6) is 0 Å². The number of aromatic nitrogens is 3. The SMILES string of the molecule is CC1(C)c2ccccc2-c2cc3c(ccc4ccc5cc(-c6nc(-c7ccc8ccccc8c7)nc(-c7cccc8sc9ccccc9c78)n6)ccc5c43)cc21. The molecular formula is C52H33N3S. The van der Waals surface area contributed by atoms with Gasteiger partial charge in [0.1, 0.15) is 0 Å². The van der Waals surface area contributed by atoms with E-state index in [0.717, 1.165) is 27.5 Å². The van der Waals surface area contributed by atoms with E-state index in [0.29, 0.717) is 17.5 Å². The Bertz CT molecular complexity index is 3470. The zero-order valence-corrected chi connectivity index (χ0v) is 31.7. The third kappa shape index (κ3) is 4.60. The van der Waals surface area contributed by atoms with Gasteiger partial charge in [0.15, 0.2) is 17.5 Å². The van der Waals surface area contributed by atoms with Gasteiger partial charge in [-0.15, -0.1) is 11.3 Å². The number of hydrogen-bond donors (Lipinski definition) is 0. The van der Waals surface area contributed by atoms with E-state index in [4.69, 9.17) is 15.0 Å². The Morgan fingerprint density at radius 1 is 0.375 bits per heavy atom. The molecule has 0 saturated heterocycles. The molecule has 12 rings (SSSR count). The summed E-state index contributed by atoms with van der Waals surface area (Å²) in [7, 11) is 0. The van der Waals surface area contributed by atoms with Crippen molar-refractivity contribution in [1.82, 2.24) is 15.0 Å². The molecule has 0 radical (unpaired) electrons. The minimum atomic E-state index is -0.0418. The second kappa shape index (κ2) is 11.6. The van der Waals surface area contributed by atoms with Crippen LogP contribution in [-0.4, -0.2) is 15.0 Å². The molecule has 4 heteroatoms. The highest BCUT2D eigenvalue weighted by atomic mass is 32.1. The summed E-state index contributed by atoms with van der Waals surface area (Å²) in [5, 5.41) is 12.2. The summed E-state index contributed by atoms with van der Waals surface area (Å²) in [6.45, 7) is 4.70. The summed E-state index contributed by atoms with van der Waals surface area (Å²) in [5.41, 5.74) is 8.37. The molecule has 0 amide bonds. The minimum absolute atomic E-state index is 0.0418. The first kappa shape index (κ1) is 31.6. The molecule has 2 aromatic heterocycles. The van der Waals surface area contributed by atoms with Gasteiger partial charge in [-0.1, -0.05) is 141 Å². The normalized spacial score (nSPS) is 13.3. The Hall–Kier alpha value is -6.75. The fourth-order valence-corrected chi connectivity index (χ4v) is 10.4. The van der Waals surface area contributed by atoms with E-state index in [-0.39, 0.29) is 5.41 Å². The van der Waals surface area contributed by atoms with Crippen molar-refractivity contribution in [1.29, 1.82) is 0 Å². The third-order valence-corrected chi connectivity index (χ3v) is 13.2. The quantitative estimate of drug-likeness (QED) is 0.170. The maximum absolute atomic E-state index is 5.27. The second-order valence-corrected chi connectivity index (χ2v) is 16.7. The topological polar surface area (TPSA) is 38.7 Å². The van der Waals surface area contributed by atoms with Crippen LogP contribution in [0.1, 0.15) is 25.0 Å². The van der Waals surface area contributed by atoms with Crippen LogP contribution in [0.15, 0.2) is 164 Å². The van der Waals surface area contributed by atoms with Crippen molar-refractivity contribution in [3.05, 3.63) is 175 Å². The Morgan fingerprint density at radius 2 is 1.00 bits per heavy atom. The number of rotatable bonds is 3. The van der Waals surface area contributed by atoms with Crippen molar-refractivity contribution in [3.8, 4) is 45.3 Å². The Labute approximate surface area is 327 Å². The van der Waals surface area contributed by atoms with Crippen LogP contribution in [0.25, 0.3) is 109 Å². The minimum Gasteiger partial charge on any atom is -0.208 e. The van der Waals surface area contributed by atoms with Crippen LogP contribution < -0.4 is 0 Å². The first-order valence-corrected chi connectivity index (χ1v) is 20.0. The molecule has 56 heavy (non-hydrogen) atoms. The summed E-state index contributed by atoms with van der Waals surface area (Å²) < 4.78 is 2.48. The average molecular weight is 732 g/mol. The first-order valence-electron chi connectivity index (χ1n) is 19.2. The van der Waals surface area contributed by atoms with Gasteiger partial charge in [0.05, 0.1) is 0 Å². The maximum Gasteiger partial charge on any atom is 0.164 e. The van der Waals surface area contributed by atoms with Crippen molar-refractivity contribution in [2.45, 2.75) is 19.3 Å². The van der Waals surface area contributed by atoms with E-state index < -0.39 is 0 Å². The highest BCUT2D eigenvalue weighted by Crippen LogP contribution is 2.50. The number of thiophene rings is 1. The predicted molar refractivity (Wildman–Crippen MR) is 237 cm³/mol. The summed E-state index contributed by atoms with van der Waals surface area (Å²) in [6, 6.07) is 59.5. The predicted octanol–water partition coefficient (Wildman–Crippen LogP) is 14.2. The molecule has 0 aliphatic heterocycles. The smallest absolute Gasteiger partial charge is 0.164 e. The number of hydrogen-bond acceptors (Lipinski definition) is 4. The Morgan fingerprint density at radius 3 is 1.86 bits per heavy atom. The molecule has 1 aliphatic rings. The second-order valence-electron chi connectivity index (χ2n) is 15.6. The van der Waals surface area contributed by atoms with Gasteiger partial charge >= 0.3 is 0 Å². The van der Waals surface area contributed by atoms with E-state index in [9.17, 15) is 0 Å². The van der Waals surface area contributed by atoms with Gasteiger partial charge in [-0.05, 0) is 102 Å². The maximum atomic E-state index is 5.27. The van der Waals surface area contributed by atoms with Gasteiger partial charge in [-0.3, -0.25) is 0 Å². The van der Waals surface area contributed by atoms with Gasteiger partial charge in [-0.25, -0.2) is 15.0 Å². The molecule has 0 unspecified atom stereocenters. The van der Waals surface area contributed by atoms with E-state index >= 15 is 0 Å². The van der Waals surface area contributed by atoms with Crippen molar-refractivity contribution in [2.24, 2.45) is 0 Å². The first-order chi connectivity index (χ1) is 27.5. The number of fused-ring (bicyclic) bond motifs is 12. The van der Waals surface area contributed by atoms with Crippen LogP contribution >= 0.6 is 11.3 Å². The lowest BCUT2D eigenvalue weighted by Gasteiger charge is -2.22. The molecular weight excluding hydrogens is 699 g/mol. The lowest BCUT2D eigenvalue weighted by Crippen LogP contribution is -2.14. The molecule has 0 N–H and O–H groups in total. The van der Waals surface area contributed by atoms with Crippen LogP contribution in [0, 0.1) is 0 Å². The van der Waals surface area contributed by atoms with Crippen LogP contribution in [0.2, 0.25) is 0 Å². The van der Waals surface area contributed by atoms with Crippen molar-refractivity contribution < 1.29 is 0 Å². The summed E-state index contributed by atoms with van der Waals surface area (Å²) in [6.07, 6.45) is 0. The van der Waals surface area contributed by atoms with Gasteiger partial charge in [-0.2, -0.15) is 0 Å². The molecule has 0 saturated carbocycles. The van der Waals surface area contributed by atoms with Crippen molar-refractivity contribution in [2.75, 3.05) is 0 Å². The average Bonchev–Trinajstić information content (AvgIpc) is 3.74. The summed E-state index contributed by atoms with van der Waals surface area (Å²) in [5.74, 6) is 1.99. The van der Waals surface area contributed by atoms with Crippen LogP contribution in [0.3, 0.4) is 0 Å². The van der Waals surface area contributed by atoms with Gasteiger partial charge < -0.3 is 0 Å². The van der Waals surface area contributed by atoms with E-state index in [1.807, 2.05) is 11.3 Å². The fourth-order valence-electron chi connectivity index (χ4n) is 9.27. The monoisotopic (exact) mass is 731 g/mol. The Balaban J connectivity index is 1.08. The molecule has 11 aromatic rings. The van der Waals surface area contributed by atoms with Crippen LogP contribution in [0.4, 0.5) is 0 Å². The van der Waals surface area contributed by atoms with Gasteiger partial charge in [0, 0.05) is 42.3 Å². The van der Waals surface area contributed by atoms with E-state index in [1.54, 1.807) is 0 Å². The van der Waals surface area contributed by atoms with Crippen molar-refractivity contribution >= 4 is 74.6 Å². The zero-order chi connectivity index (χ0) is 37.1. The molecule has 3 nitrogen and oxygen atoms in total. The standard InChI is InChI=1S/C52H33N3S/c1-52(2)43-15-7-5-12-38(43)42-29-41-34(28-44(42)52)22-20-31-19-21-33-27-36(24-25-37(33)47(31)41)50-53-49(35-23-18-30-10-3-4-11-32(30)26-35)54-51(55-50)40-14-9-17-46-48(40)39-13-6-8-16-45(39)56-46/h3-29H,1-2H3. The van der Waals surface area contributed by atoms with Gasteiger partial charge in [0.2, 0.25) is 0 Å². The molecule has 0 bridgehead atoms. The molecule has 1 aliphatic carbocycles. The summed E-state index contributed by atoms with van der Waals surface area (Å²) in [4.78, 5) is 15.7.